The number of halogens is 3. The number of aryl methyl sites for hydroxylation is 1. The monoisotopic (exact) mass is 427 g/mol. The molecule has 5 nitrogen and oxygen atoms in total. The Morgan fingerprint density at radius 3 is 2.48 bits per heavy atom. The van der Waals surface area contributed by atoms with Gasteiger partial charge in [0.05, 0.1) is 22.6 Å². The second-order valence-corrected chi connectivity index (χ2v) is 7.24. The molecule has 4 rings (SSSR count). The van der Waals surface area contributed by atoms with Crippen molar-refractivity contribution in [3.05, 3.63) is 82.8 Å². The molecule has 31 heavy (non-hydrogen) atoms. The van der Waals surface area contributed by atoms with Crippen molar-refractivity contribution < 1.29 is 22.4 Å². The molecule has 0 saturated heterocycles. The number of carbonyl (C=O) groups is 1. The second kappa shape index (κ2) is 8.29. The van der Waals surface area contributed by atoms with Gasteiger partial charge >= 0.3 is 6.18 Å². The van der Waals surface area contributed by atoms with Crippen molar-refractivity contribution in [2.75, 3.05) is 10.7 Å². The number of hydrazone groups is 1. The van der Waals surface area contributed by atoms with Crippen LogP contribution < -0.4 is 10.7 Å². The van der Waals surface area contributed by atoms with Gasteiger partial charge in [0, 0.05) is 17.5 Å². The van der Waals surface area contributed by atoms with Crippen molar-refractivity contribution in [2.24, 2.45) is 5.10 Å². The first kappa shape index (κ1) is 20.7. The third-order valence-electron chi connectivity index (χ3n) is 5.11. The number of anilines is 2. The summed E-state index contributed by atoms with van der Waals surface area (Å²) in [4.78, 5) is 12.8. The van der Waals surface area contributed by atoms with Crippen LogP contribution in [-0.2, 0) is 12.6 Å². The van der Waals surface area contributed by atoms with Gasteiger partial charge < -0.3 is 9.73 Å². The normalized spacial score (nSPS) is 14.9. The predicted molar refractivity (Wildman–Crippen MR) is 112 cm³/mol. The Morgan fingerprint density at radius 1 is 1.03 bits per heavy atom. The molecule has 8 heteroatoms. The van der Waals surface area contributed by atoms with Crippen LogP contribution in [0.4, 0.5) is 24.5 Å². The molecule has 0 aliphatic heterocycles. The summed E-state index contributed by atoms with van der Waals surface area (Å²) >= 11 is 0. The summed E-state index contributed by atoms with van der Waals surface area (Å²) in [5.74, 6) is -0.109. The first-order valence-electron chi connectivity index (χ1n) is 9.82. The average Bonchev–Trinajstić information content (AvgIpc) is 3.10. The van der Waals surface area contributed by atoms with E-state index < -0.39 is 17.6 Å². The van der Waals surface area contributed by atoms with E-state index in [-0.39, 0.29) is 11.4 Å². The maximum absolute atomic E-state index is 13.2. The number of amides is 1. The van der Waals surface area contributed by atoms with Gasteiger partial charge in [-0.15, -0.1) is 0 Å². The molecule has 0 atom stereocenters. The van der Waals surface area contributed by atoms with E-state index in [2.05, 4.69) is 15.8 Å². The number of carbonyl (C=O) groups excluding carboxylic acids is 1. The zero-order valence-corrected chi connectivity index (χ0v) is 16.7. The minimum atomic E-state index is -4.58. The van der Waals surface area contributed by atoms with E-state index in [0.717, 1.165) is 29.4 Å². The zero-order chi connectivity index (χ0) is 22.0. The number of nitrogens with zero attached hydrogens (tertiary/aromatic N) is 1. The van der Waals surface area contributed by atoms with E-state index in [1.54, 1.807) is 6.92 Å². The number of fused-ring (bicyclic) bond motifs is 1. The summed E-state index contributed by atoms with van der Waals surface area (Å²) < 4.78 is 45.5. The molecule has 160 valence electrons. The van der Waals surface area contributed by atoms with Gasteiger partial charge in [-0.05, 0) is 44.0 Å². The minimum absolute atomic E-state index is 0.00344. The number of rotatable bonds is 4. The number of benzene rings is 2. The molecular weight excluding hydrogens is 407 g/mol. The molecule has 1 amide bonds. The van der Waals surface area contributed by atoms with Crippen LogP contribution in [0.3, 0.4) is 0 Å². The third-order valence-corrected chi connectivity index (χ3v) is 5.11. The van der Waals surface area contributed by atoms with E-state index in [9.17, 15) is 18.0 Å². The second-order valence-electron chi connectivity index (χ2n) is 7.24. The standard InChI is InChI=1S/C23H20F3N3O2/c1-14-20-18(29-28-15-8-3-2-4-9-15)12-7-13-19(20)31-21(14)22(30)27-17-11-6-5-10-16(17)23(24,25)26/h2-6,8-11,28H,7,12-13H2,1H3,(H,27,30)/b29-18+. The van der Waals surface area contributed by atoms with Crippen molar-refractivity contribution in [1.82, 2.24) is 0 Å². The van der Waals surface area contributed by atoms with E-state index >= 15 is 0 Å². The quantitative estimate of drug-likeness (QED) is 0.501. The maximum atomic E-state index is 13.2. The fourth-order valence-corrected chi connectivity index (χ4v) is 3.66. The van der Waals surface area contributed by atoms with Crippen LogP contribution >= 0.6 is 0 Å². The molecule has 1 aliphatic rings. The lowest BCUT2D eigenvalue weighted by atomic mass is 9.93. The van der Waals surface area contributed by atoms with Crippen LogP contribution in [0, 0.1) is 6.92 Å². The molecule has 0 bridgehead atoms. The molecule has 0 spiro atoms. The number of furan rings is 1. The summed E-state index contributed by atoms with van der Waals surface area (Å²) in [7, 11) is 0. The van der Waals surface area contributed by atoms with Crippen molar-refractivity contribution in [2.45, 2.75) is 32.4 Å². The molecule has 0 radical (unpaired) electrons. The fraction of sp³-hybridized carbons (Fsp3) is 0.217. The smallest absolute Gasteiger partial charge is 0.418 e. The van der Waals surface area contributed by atoms with Crippen molar-refractivity contribution in [3.8, 4) is 0 Å². The van der Waals surface area contributed by atoms with Gasteiger partial charge in [-0.2, -0.15) is 18.3 Å². The predicted octanol–water partition coefficient (Wildman–Crippen LogP) is 6.01. The first-order valence-corrected chi connectivity index (χ1v) is 9.82. The SMILES string of the molecule is Cc1c(C(=O)Nc2ccccc2C(F)(F)F)oc2c1/C(=N/Nc1ccccc1)CCC2. The Morgan fingerprint density at radius 2 is 1.74 bits per heavy atom. The largest absolute Gasteiger partial charge is 0.455 e. The number of hydrogen-bond acceptors (Lipinski definition) is 4. The van der Waals surface area contributed by atoms with Gasteiger partial charge in [0.1, 0.15) is 5.76 Å². The molecule has 1 aromatic heterocycles. The summed E-state index contributed by atoms with van der Waals surface area (Å²) in [5, 5.41) is 6.83. The van der Waals surface area contributed by atoms with Crippen molar-refractivity contribution >= 4 is 23.0 Å². The van der Waals surface area contributed by atoms with Gasteiger partial charge in [-0.1, -0.05) is 30.3 Å². The highest BCUT2D eigenvalue weighted by Crippen LogP contribution is 2.35. The molecule has 2 N–H and O–H groups in total. The van der Waals surface area contributed by atoms with Crippen LogP contribution in [0.15, 0.2) is 64.1 Å². The summed E-state index contributed by atoms with van der Waals surface area (Å²) in [6.07, 6.45) is -2.45. The molecule has 1 heterocycles. The Bertz CT molecular complexity index is 1130. The molecular formula is C23H20F3N3O2. The number of para-hydroxylation sites is 2. The fourth-order valence-electron chi connectivity index (χ4n) is 3.66. The summed E-state index contributed by atoms with van der Waals surface area (Å²) in [6, 6.07) is 14.3. The third kappa shape index (κ3) is 4.33. The van der Waals surface area contributed by atoms with Crippen LogP contribution in [-0.4, -0.2) is 11.6 Å². The average molecular weight is 427 g/mol. The van der Waals surface area contributed by atoms with Crippen LogP contribution in [0.5, 0.6) is 0 Å². The lowest BCUT2D eigenvalue weighted by molar-refractivity contribution is -0.136. The van der Waals surface area contributed by atoms with Gasteiger partial charge in [-0.3, -0.25) is 10.2 Å². The van der Waals surface area contributed by atoms with Crippen LogP contribution in [0.2, 0.25) is 0 Å². The zero-order valence-electron chi connectivity index (χ0n) is 16.7. The lowest BCUT2D eigenvalue weighted by Crippen LogP contribution is -2.17. The van der Waals surface area contributed by atoms with Crippen LogP contribution in [0.25, 0.3) is 0 Å². The molecule has 1 aliphatic carbocycles. The molecule has 2 aromatic carbocycles. The van der Waals surface area contributed by atoms with Gasteiger partial charge in [-0.25, -0.2) is 0 Å². The number of alkyl halides is 3. The maximum Gasteiger partial charge on any atom is 0.418 e. The van der Waals surface area contributed by atoms with E-state index in [1.807, 2.05) is 30.3 Å². The van der Waals surface area contributed by atoms with E-state index in [0.29, 0.717) is 24.2 Å². The Balaban J connectivity index is 1.62. The highest BCUT2D eigenvalue weighted by molar-refractivity contribution is 6.09. The van der Waals surface area contributed by atoms with Gasteiger partial charge in [0.15, 0.2) is 5.76 Å². The Hall–Kier alpha value is -3.55. The Kier molecular flexibility index (Phi) is 5.54. The first-order chi connectivity index (χ1) is 14.8. The van der Waals surface area contributed by atoms with Gasteiger partial charge in [0.25, 0.3) is 5.91 Å². The topological polar surface area (TPSA) is 66.6 Å². The van der Waals surface area contributed by atoms with Crippen molar-refractivity contribution in [1.29, 1.82) is 0 Å². The minimum Gasteiger partial charge on any atom is -0.455 e. The molecule has 0 saturated carbocycles. The molecule has 0 unspecified atom stereocenters. The Labute approximate surface area is 177 Å². The number of hydrogen-bond donors (Lipinski definition) is 2. The van der Waals surface area contributed by atoms with Crippen molar-refractivity contribution in [3.63, 3.8) is 0 Å². The van der Waals surface area contributed by atoms with E-state index in [4.69, 9.17) is 4.42 Å². The molecule has 0 fully saturated rings. The molecule has 3 aromatic rings. The highest BCUT2D eigenvalue weighted by Gasteiger charge is 2.34. The highest BCUT2D eigenvalue weighted by atomic mass is 19.4. The van der Waals surface area contributed by atoms with Crippen LogP contribution in [0.1, 0.15) is 45.8 Å². The summed E-state index contributed by atoms with van der Waals surface area (Å²) in [6.45, 7) is 1.72. The van der Waals surface area contributed by atoms with Gasteiger partial charge in [0.2, 0.25) is 0 Å². The summed E-state index contributed by atoms with van der Waals surface area (Å²) in [5.41, 5.74) is 4.66. The number of nitrogens with one attached hydrogen (secondary N) is 2. The van der Waals surface area contributed by atoms with E-state index in [1.165, 1.54) is 18.2 Å². The lowest BCUT2D eigenvalue weighted by Gasteiger charge is -2.14.